The molecular weight excluding hydrogens is 452 g/mol. The zero-order chi connectivity index (χ0) is 25.5. The minimum Gasteiger partial charge on any atom is -0.459 e. The summed E-state index contributed by atoms with van der Waals surface area (Å²) in [5.41, 5.74) is 1.69. The van der Waals surface area contributed by atoms with Crippen LogP contribution in [0.5, 0.6) is 0 Å². The summed E-state index contributed by atoms with van der Waals surface area (Å²) in [4.78, 5) is 30.1. The van der Waals surface area contributed by atoms with Crippen molar-refractivity contribution in [3.8, 4) is 11.1 Å². The Kier molecular flexibility index (Phi) is 8.90. The maximum absolute atomic E-state index is 12.1. The summed E-state index contributed by atoms with van der Waals surface area (Å²) >= 11 is 0. The van der Waals surface area contributed by atoms with Crippen molar-refractivity contribution < 1.29 is 9.53 Å². The number of hydrogen-bond donors (Lipinski definition) is 1. The molecule has 2 aromatic rings. The molecule has 2 unspecified atom stereocenters. The van der Waals surface area contributed by atoms with Crippen molar-refractivity contribution in [2.75, 3.05) is 44.6 Å². The minimum atomic E-state index is -0.416. The average molecular weight is 495 g/mol. The fourth-order valence-electron chi connectivity index (χ4n) is 5.22. The van der Waals surface area contributed by atoms with Gasteiger partial charge in [0.1, 0.15) is 17.2 Å². The van der Waals surface area contributed by atoms with E-state index in [2.05, 4.69) is 36.1 Å². The predicted molar refractivity (Wildman–Crippen MR) is 143 cm³/mol. The molecule has 1 N–H and O–H groups in total. The van der Waals surface area contributed by atoms with Crippen LogP contribution in [-0.2, 0) is 9.53 Å². The van der Waals surface area contributed by atoms with E-state index >= 15 is 0 Å². The molecular formula is C28H42N6O2. The molecule has 1 saturated carbocycles. The Balaban J connectivity index is 1.19. The van der Waals surface area contributed by atoms with Gasteiger partial charge in [-0.15, -0.1) is 0 Å². The number of pyridine rings is 1. The van der Waals surface area contributed by atoms with Gasteiger partial charge >= 0.3 is 5.97 Å². The van der Waals surface area contributed by atoms with Crippen molar-refractivity contribution in [1.29, 1.82) is 0 Å². The fraction of sp³-hybridized carbons (Fsp3) is 0.643. The fourth-order valence-corrected chi connectivity index (χ4v) is 5.22. The van der Waals surface area contributed by atoms with Crippen LogP contribution in [-0.4, -0.2) is 81.6 Å². The van der Waals surface area contributed by atoms with Crippen LogP contribution in [0.1, 0.15) is 58.7 Å². The Morgan fingerprint density at radius 1 is 1.06 bits per heavy atom. The van der Waals surface area contributed by atoms with E-state index in [9.17, 15) is 4.79 Å². The molecule has 2 fully saturated rings. The lowest BCUT2D eigenvalue weighted by atomic mass is 9.83. The summed E-state index contributed by atoms with van der Waals surface area (Å²) in [7, 11) is 0. The summed E-state index contributed by atoms with van der Waals surface area (Å²) in [6.07, 6.45) is 11.8. The van der Waals surface area contributed by atoms with Crippen LogP contribution in [0.25, 0.3) is 11.1 Å². The van der Waals surface area contributed by atoms with E-state index in [1.165, 1.54) is 32.1 Å². The van der Waals surface area contributed by atoms with E-state index in [0.717, 1.165) is 61.4 Å². The van der Waals surface area contributed by atoms with Crippen molar-refractivity contribution in [2.45, 2.75) is 71.4 Å². The van der Waals surface area contributed by atoms with Gasteiger partial charge in [0.2, 0.25) is 0 Å². The van der Waals surface area contributed by atoms with Crippen molar-refractivity contribution in [2.24, 2.45) is 5.92 Å². The van der Waals surface area contributed by atoms with Crippen molar-refractivity contribution in [3.05, 3.63) is 36.5 Å². The Bertz CT molecular complexity index is 982. The van der Waals surface area contributed by atoms with Gasteiger partial charge < -0.3 is 15.0 Å². The van der Waals surface area contributed by atoms with Crippen LogP contribution in [0.15, 0.2) is 30.7 Å². The third-order valence-corrected chi connectivity index (χ3v) is 7.10. The number of carbonyl (C=O) groups is 1. The van der Waals surface area contributed by atoms with E-state index in [1.54, 1.807) is 0 Å². The van der Waals surface area contributed by atoms with E-state index in [4.69, 9.17) is 4.74 Å². The largest absolute Gasteiger partial charge is 0.459 e. The second-order valence-corrected chi connectivity index (χ2v) is 11.3. The van der Waals surface area contributed by atoms with E-state index < -0.39 is 5.60 Å². The van der Waals surface area contributed by atoms with Crippen LogP contribution < -0.4 is 5.32 Å². The molecule has 2 atom stereocenters. The third kappa shape index (κ3) is 8.23. The molecule has 0 aromatic carbocycles. The van der Waals surface area contributed by atoms with Gasteiger partial charge in [-0.25, -0.2) is 15.0 Å². The number of aromatic nitrogens is 3. The maximum Gasteiger partial charge on any atom is 0.320 e. The van der Waals surface area contributed by atoms with Crippen LogP contribution in [0.4, 0.5) is 5.82 Å². The third-order valence-electron chi connectivity index (χ3n) is 7.10. The first kappa shape index (κ1) is 26.5. The molecule has 1 aliphatic heterocycles. The minimum absolute atomic E-state index is 0.121. The highest BCUT2D eigenvalue weighted by molar-refractivity contribution is 5.72. The smallest absolute Gasteiger partial charge is 0.320 e. The number of hydrogen-bond acceptors (Lipinski definition) is 8. The molecule has 0 spiro atoms. The zero-order valence-electron chi connectivity index (χ0n) is 22.4. The molecule has 0 radical (unpaired) electrons. The molecule has 2 aromatic heterocycles. The standard InChI is InChI=1S/C28H42N6O2/c1-21-30-18-24(19-31-21)23-8-10-29-26(17-23)32-25-7-5-6-22(16-25)9-11-33-12-14-34(15-13-33)20-27(35)36-28(2,3)4/h8,10,17-19,22,25H,5-7,9,11-16,20H2,1-4H3,(H,29,32). The number of carbonyl (C=O) groups excluding carboxylic acids is 1. The molecule has 8 heteroatoms. The summed E-state index contributed by atoms with van der Waals surface area (Å²) < 4.78 is 5.47. The number of nitrogens with one attached hydrogen (secondary N) is 1. The van der Waals surface area contributed by atoms with Gasteiger partial charge in [-0.2, -0.15) is 0 Å². The predicted octanol–water partition coefficient (Wildman–Crippen LogP) is 4.17. The van der Waals surface area contributed by atoms with Crippen molar-refractivity contribution in [1.82, 2.24) is 24.8 Å². The summed E-state index contributed by atoms with van der Waals surface area (Å²) in [6, 6.07) is 4.58. The number of anilines is 1. The molecule has 0 bridgehead atoms. The zero-order valence-corrected chi connectivity index (χ0v) is 22.4. The second-order valence-electron chi connectivity index (χ2n) is 11.3. The highest BCUT2D eigenvalue weighted by atomic mass is 16.6. The van der Waals surface area contributed by atoms with E-state index in [-0.39, 0.29) is 5.97 Å². The maximum atomic E-state index is 12.1. The first-order chi connectivity index (χ1) is 17.2. The Labute approximate surface area is 215 Å². The first-order valence-corrected chi connectivity index (χ1v) is 13.4. The lowest BCUT2D eigenvalue weighted by Crippen LogP contribution is -2.49. The topological polar surface area (TPSA) is 83.5 Å². The molecule has 1 aliphatic carbocycles. The number of piperazine rings is 1. The molecule has 196 valence electrons. The summed E-state index contributed by atoms with van der Waals surface area (Å²) in [5, 5.41) is 3.69. The normalized spacial score (nSPS) is 21.8. The number of rotatable bonds is 8. The van der Waals surface area contributed by atoms with Crippen molar-refractivity contribution in [3.63, 3.8) is 0 Å². The van der Waals surface area contributed by atoms with Gasteiger partial charge in [0.25, 0.3) is 0 Å². The molecule has 0 amide bonds. The Hall–Kier alpha value is -2.58. The van der Waals surface area contributed by atoms with Crippen LogP contribution in [0.3, 0.4) is 0 Å². The highest BCUT2D eigenvalue weighted by Gasteiger charge is 2.25. The monoisotopic (exact) mass is 494 g/mol. The van der Waals surface area contributed by atoms with Crippen LogP contribution in [0, 0.1) is 12.8 Å². The van der Waals surface area contributed by atoms with Gasteiger partial charge in [0, 0.05) is 56.4 Å². The van der Waals surface area contributed by atoms with Crippen LogP contribution >= 0.6 is 0 Å². The number of ether oxygens (including phenoxy) is 1. The SMILES string of the molecule is Cc1ncc(-c2ccnc(NC3CCCC(CCN4CCN(CC(=O)OC(C)(C)C)CC4)C3)c2)cn1. The van der Waals surface area contributed by atoms with Gasteiger partial charge in [-0.1, -0.05) is 12.8 Å². The molecule has 8 nitrogen and oxygen atoms in total. The Morgan fingerprint density at radius 2 is 1.78 bits per heavy atom. The van der Waals surface area contributed by atoms with Crippen LogP contribution in [0.2, 0.25) is 0 Å². The van der Waals surface area contributed by atoms with Gasteiger partial charge in [0.05, 0.1) is 6.54 Å². The molecule has 36 heavy (non-hydrogen) atoms. The highest BCUT2D eigenvalue weighted by Crippen LogP contribution is 2.30. The first-order valence-electron chi connectivity index (χ1n) is 13.4. The lowest BCUT2D eigenvalue weighted by molar-refractivity contribution is -0.156. The molecule has 1 saturated heterocycles. The molecule has 2 aliphatic rings. The summed E-state index contributed by atoms with van der Waals surface area (Å²) in [5.74, 6) is 2.33. The number of aryl methyl sites for hydroxylation is 1. The lowest BCUT2D eigenvalue weighted by Gasteiger charge is -2.36. The van der Waals surface area contributed by atoms with Gasteiger partial charge in [-0.3, -0.25) is 9.69 Å². The quantitative estimate of drug-likeness (QED) is 0.548. The van der Waals surface area contributed by atoms with Gasteiger partial charge in [0.15, 0.2) is 0 Å². The number of nitrogens with zero attached hydrogens (tertiary/aromatic N) is 5. The van der Waals surface area contributed by atoms with Gasteiger partial charge in [-0.05, 0) is 77.1 Å². The van der Waals surface area contributed by atoms with Crippen molar-refractivity contribution >= 4 is 11.8 Å². The summed E-state index contributed by atoms with van der Waals surface area (Å²) in [6.45, 7) is 13.1. The second kappa shape index (κ2) is 12.1. The average Bonchev–Trinajstić information content (AvgIpc) is 2.83. The molecule has 3 heterocycles. The van der Waals surface area contributed by atoms with E-state index in [1.807, 2.05) is 52.4 Å². The van der Waals surface area contributed by atoms with E-state index in [0.29, 0.717) is 12.6 Å². The number of esters is 1. The Morgan fingerprint density at radius 3 is 2.50 bits per heavy atom. The molecule has 4 rings (SSSR count).